The van der Waals surface area contributed by atoms with Crippen molar-refractivity contribution in [2.75, 3.05) is 26.4 Å². The number of ether oxygens (including phenoxy) is 3. The zero-order valence-electron chi connectivity index (χ0n) is 39.4. The van der Waals surface area contributed by atoms with Crippen LogP contribution in [-0.4, -0.2) is 66.5 Å². The largest absolute Gasteiger partial charge is 0.472 e. The molecule has 64 heavy (non-hydrogen) atoms. The minimum Gasteiger partial charge on any atom is -0.462 e. The average molecular weight is 915 g/mol. The Balaban J connectivity index is 5.01. The molecule has 0 fully saturated rings. The SMILES string of the molecule is CC/C=C\C/C=C\C/C=C\C/C=C\C/C=C\CC(=O)OC(COC(=O)CC/C=C\C/C=C\C/C=C\C/C=C\CC)COP(=O)(O)OCC(CO)OC(=O)CCCCCCCCCCC. The van der Waals surface area contributed by atoms with Gasteiger partial charge in [-0.05, 0) is 70.6 Å². The number of hydrogen-bond acceptors (Lipinski definition) is 10. The van der Waals surface area contributed by atoms with Crippen molar-refractivity contribution in [2.45, 2.75) is 174 Å². The lowest BCUT2D eigenvalue weighted by Gasteiger charge is -2.21. The average Bonchev–Trinajstić information content (AvgIpc) is 3.28. The van der Waals surface area contributed by atoms with Gasteiger partial charge in [-0.2, -0.15) is 0 Å². The fourth-order valence-electron chi connectivity index (χ4n) is 5.68. The monoisotopic (exact) mass is 915 g/mol. The highest BCUT2D eigenvalue weighted by molar-refractivity contribution is 7.47. The smallest absolute Gasteiger partial charge is 0.462 e. The number of aliphatic hydroxyl groups is 1. The summed E-state index contributed by atoms with van der Waals surface area (Å²) in [5.41, 5.74) is 0. The first-order valence-corrected chi connectivity index (χ1v) is 25.3. The fraction of sp³-hybridized carbons (Fsp3) is 0.596. The highest BCUT2D eigenvalue weighted by atomic mass is 31.2. The summed E-state index contributed by atoms with van der Waals surface area (Å²) in [6, 6.07) is 0. The maximum absolute atomic E-state index is 12.8. The second-order valence-electron chi connectivity index (χ2n) is 15.2. The summed E-state index contributed by atoms with van der Waals surface area (Å²) < 4.78 is 38.9. The van der Waals surface area contributed by atoms with E-state index >= 15 is 0 Å². The van der Waals surface area contributed by atoms with Crippen LogP contribution in [0.25, 0.3) is 0 Å². The van der Waals surface area contributed by atoms with Crippen molar-refractivity contribution >= 4 is 25.7 Å². The Hall–Kier alpha value is -3.86. The normalized spacial score (nSPS) is 14.5. The molecular weight excluding hydrogens is 832 g/mol. The summed E-state index contributed by atoms with van der Waals surface area (Å²) in [5.74, 6) is -1.74. The van der Waals surface area contributed by atoms with Crippen LogP contribution < -0.4 is 0 Å². The Morgan fingerprint density at radius 1 is 0.469 bits per heavy atom. The number of carbonyl (C=O) groups excluding carboxylic acids is 3. The minimum absolute atomic E-state index is 0.0811. The van der Waals surface area contributed by atoms with E-state index in [4.69, 9.17) is 23.3 Å². The zero-order chi connectivity index (χ0) is 47.0. The summed E-state index contributed by atoms with van der Waals surface area (Å²) in [6.07, 6.45) is 52.7. The third kappa shape index (κ3) is 43.4. The molecule has 0 spiro atoms. The van der Waals surface area contributed by atoms with Crippen LogP contribution in [0.1, 0.15) is 162 Å². The number of rotatable bonds is 42. The Kier molecular flexibility index (Phi) is 42.9. The van der Waals surface area contributed by atoms with E-state index in [1.54, 1.807) is 6.08 Å². The van der Waals surface area contributed by atoms with Gasteiger partial charge in [-0.3, -0.25) is 23.4 Å². The molecule has 0 saturated carbocycles. The second-order valence-corrected chi connectivity index (χ2v) is 16.6. The van der Waals surface area contributed by atoms with Crippen LogP contribution in [0, 0.1) is 0 Å². The number of carbonyl (C=O) groups is 3. The van der Waals surface area contributed by atoms with E-state index in [9.17, 15) is 28.9 Å². The quantitative estimate of drug-likeness (QED) is 0.0198. The molecule has 0 amide bonds. The van der Waals surface area contributed by atoms with Crippen LogP contribution in [0.3, 0.4) is 0 Å². The molecule has 0 aromatic heterocycles. The first-order chi connectivity index (χ1) is 31.2. The number of phosphoric ester groups is 1. The van der Waals surface area contributed by atoms with Gasteiger partial charge in [0.1, 0.15) is 12.7 Å². The summed E-state index contributed by atoms with van der Waals surface area (Å²) in [5, 5.41) is 9.72. The first-order valence-electron chi connectivity index (χ1n) is 23.8. The molecule has 0 aliphatic heterocycles. The molecule has 0 aliphatic carbocycles. The Morgan fingerprint density at radius 2 is 0.875 bits per heavy atom. The first kappa shape index (κ1) is 60.1. The van der Waals surface area contributed by atoms with Gasteiger partial charge in [0.05, 0.1) is 26.2 Å². The standard InChI is InChI=1S/C52H83O11P/c1-4-7-10-13-16-19-21-23-24-26-28-31-34-37-40-43-52(56)63-49(45-59-50(54)41-38-35-32-30-27-25-22-20-17-14-11-8-5-2)47-61-64(57,58)60-46-48(44-53)62-51(55)42-39-36-33-29-18-15-12-9-6-3/h7-8,10-11,16-17,19-20,23-25,27-28,31-32,35,37,40,48-49,53H,4-6,9,12-15,18,21-22,26,29-30,33-34,36,38-39,41-47H2,1-3H3,(H,57,58)/b10-7-,11-8-,19-16-,20-17-,24-23-,27-25-,31-28-,35-32-,40-37-. The number of unbranched alkanes of at least 4 members (excludes halogenated alkanes) is 8. The van der Waals surface area contributed by atoms with Crippen LogP contribution >= 0.6 is 7.82 Å². The predicted molar refractivity (Wildman–Crippen MR) is 260 cm³/mol. The number of esters is 3. The summed E-state index contributed by atoms with van der Waals surface area (Å²) in [4.78, 5) is 48.0. The lowest BCUT2D eigenvalue weighted by molar-refractivity contribution is -0.160. The maximum Gasteiger partial charge on any atom is 0.472 e. The van der Waals surface area contributed by atoms with Crippen molar-refractivity contribution in [3.05, 3.63) is 109 Å². The highest BCUT2D eigenvalue weighted by Crippen LogP contribution is 2.43. The van der Waals surface area contributed by atoms with Crippen molar-refractivity contribution in [3.8, 4) is 0 Å². The second kappa shape index (κ2) is 45.7. The van der Waals surface area contributed by atoms with Crippen molar-refractivity contribution < 1.29 is 52.2 Å². The molecule has 0 aliphatic rings. The molecule has 3 unspecified atom stereocenters. The third-order valence-electron chi connectivity index (χ3n) is 9.24. The van der Waals surface area contributed by atoms with Gasteiger partial charge in [-0.15, -0.1) is 0 Å². The van der Waals surface area contributed by atoms with E-state index in [0.29, 0.717) is 19.3 Å². The van der Waals surface area contributed by atoms with Gasteiger partial charge in [-0.25, -0.2) is 4.57 Å². The van der Waals surface area contributed by atoms with Crippen LogP contribution in [-0.2, 0) is 42.2 Å². The van der Waals surface area contributed by atoms with Gasteiger partial charge in [-0.1, -0.05) is 182 Å². The lowest BCUT2D eigenvalue weighted by Crippen LogP contribution is -2.30. The maximum atomic E-state index is 12.8. The predicted octanol–water partition coefficient (Wildman–Crippen LogP) is 13.1. The molecule has 0 aromatic carbocycles. The molecule has 12 heteroatoms. The Morgan fingerprint density at radius 3 is 1.34 bits per heavy atom. The van der Waals surface area contributed by atoms with Crippen LogP contribution in [0.2, 0.25) is 0 Å². The molecule has 2 N–H and O–H groups in total. The molecule has 0 heterocycles. The van der Waals surface area contributed by atoms with E-state index in [2.05, 4.69) is 93.7 Å². The number of aliphatic hydroxyl groups excluding tert-OH is 1. The van der Waals surface area contributed by atoms with Gasteiger partial charge >= 0.3 is 25.7 Å². The van der Waals surface area contributed by atoms with Gasteiger partial charge in [0.25, 0.3) is 0 Å². The number of phosphoric acid groups is 1. The minimum atomic E-state index is -4.78. The summed E-state index contributed by atoms with van der Waals surface area (Å²) >= 11 is 0. The van der Waals surface area contributed by atoms with Gasteiger partial charge in [0, 0.05) is 12.8 Å². The van der Waals surface area contributed by atoms with Crippen LogP contribution in [0.5, 0.6) is 0 Å². The van der Waals surface area contributed by atoms with Crippen molar-refractivity contribution in [1.82, 2.24) is 0 Å². The molecule has 0 rings (SSSR count). The van der Waals surface area contributed by atoms with Gasteiger partial charge in [0.15, 0.2) is 6.10 Å². The van der Waals surface area contributed by atoms with E-state index in [0.717, 1.165) is 70.6 Å². The third-order valence-corrected chi connectivity index (χ3v) is 10.2. The molecule has 11 nitrogen and oxygen atoms in total. The van der Waals surface area contributed by atoms with E-state index < -0.39 is 64.4 Å². The molecule has 3 atom stereocenters. The molecule has 0 saturated heterocycles. The van der Waals surface area contributed by atoms with Crippen molar-refractivity contribution in [1.29, 1.82) is 0 Å². The topological polar surface area (TPSA) is 155 Å². The summed E-state index contributed by atoms with van der Waals surface area (Å²) in [6.45, 7) is 4.14. The fourth-order valence-corrected chi connectivity index (χ4v) is 6.46. The number of allylic oxidation sites excluding steroid dienone is 17. The Labute approximate surface area is 386 Å². The number of hydrogen-bond donors (Lipinski definition) is 2. The van der Waals surface area contributed by atoms with Gasteiger partial charge in [0.2, 0.25) is 0 Å². The van der Waals surface area contributed by atoms with Crippen LogP contribution in [0.4, 0.5) is 0 Å². The van der Waals surface area contributed by atoms with E-state index in [1.807, 2.05) is 30.4 Å². The van der Waals surface area contributed by atoms with Crippen molar-refractivity contribution in [2.24, 2.45) is 0 Å². The molecule has 362 valence electrons. The van der Waals surface area contributed by atoms with Gasteiger partial charge < -0.3 is 24.2 Å². The van der Waals surface area contributed by atoms with E-state index in [1.165, 1.54) is 32.1 Å². The van der Waals surface area contributed by atoms with Crippen LogP contribution in [0.15, 0.2) is 109 Å². The Bertz CT molecular complexity index is 1490. The summed E-state index contributed by atoms with van der Waals surface area (Å²) in [7, 11) is -4.78. The molecule has 0 radical (unpaired) electrons. The molecular formula is C52H83O11P. The van der Waals surface area contributed by atoms with E-state index in [-0.39, 0.29) is 19.3 Å². The molecule has 0 aromatic rings. The zero-order valence-corrected chi connectivity index (χ0v) is 40.3. The lowest BCUT2D eigenvalue weighted by atomic mass is 10.1. The highest BCUT2D eigenvalue weighted by Gasteiger charge is 2.28. The molecule has 0 bridgehead atoms. The van der Waals surface area contributed by atoms with Crippen molar-refractivity contribution in [3.63, 3.8) is 0 Å².